The second-order valence-electron chi connectivity index (χ2n) is 5.27. The molecule has 0 radical (unpaired) electrons. The highest BCUT2D eigenvalue weighted by Crippen LogP contribution is 2.27. The van der Waals surface area contributed by atoms with Gasteiger partial charge in [-0.2, -0.15) is 10.2 Å². The van der Waals surface area contributed by atoms with Crippen molar-refractivity contribution < 1.29 is 0 Å². The van der Waals surface area contributed by atoms with E-state index in [-0.39, 0.29) is 6.04 Å². The topological polar surface area (TPSA) is 47.7 Å². The predicted molar refractivity (Wildman–Crippen MR) is 85.7 cm³/mol. The van der Waals surface area contributed by atoms with Crippen LogP contribution >= 0.6 is 11.6 Å². The van der Waals surface area contributed by atoms with Gasteiger partial charge in [0, 0.05) is 37.8 Å². The second kappa shape index (κ2) is 6.62. The summed E-state index contributed by atoms with van der Waals surface area (Å²) in [5, 5.41) is 13.2. The molecule has 116 valence electrons. The maximum absolute atomic E-state index is 6.43. The third-order valence-electron chi connectivity index (χ3n) is 3.85. The van der Waals surface area contributed by atoms with Gasteiger partial charge in [0.1, 0.15) is 0 Å². The van der Waals surface area contributed by atoms with Gasteiger partial charge in [0.15, 0.2) is 0 Å². The third kappa shape index (κ3) is 3.14. The van der Waals surface area contributed by atoms with Crippen LogP contribution in [0.3, 0.4) is 0 Å². The molecule has 1 unspecified atom stereocenters. The molecule has 0 spiro atoms. The minimum atomic E-state index is 0.188. The monoisotopic (exact) mass is 309 g/mol. The molecule has 0 bridgehead atoms. The average molecular weight is 310 g/mol. The van der Waals surface area contributed by atoms with Crippen LogP contribution in [0.1, 0.15) is 42.5 Å². The Labute approximate surface area is 131 Å². The Hall–Kier alpha value is -1.33. The number of aryl methyl sites for hydroxylation is 4. The van der Waals surface area contributed by atoms with Crippen molar-refractivity contribution >= 4 is 11.6 Å². The van der Waals surface area contributed by atoms with Crippen molar-refractivity contribution in [2.24, 2.45) is 7.05 Å². The van der Waals surface area contributed by atoms with Gasteiger partial charge in [-0.3, -0.25) is 9.36 Å². The summed E-state index contributed by atoms with van der Waals surface area (Å²) in [6.45, 7) is 7.00. The minimum Gasteiger partial charge on any atom is -0.313 e. The first-order valence-electron chi connectivity index (χ1n) is 7.43. The van der Waals surface area contributed by atoms with Crippen molar-refractivity contribution in [3.8, 4) is 0 Å². The van der Waals surface area contributed by atoms with Crippen molar-refractivity contribution in [3.63, 3.8) is 0 Å². The van der Waals surface area contributed by atoms with Crippen LogP contribution in [0.25, 0.3) is 0 Å². The third-order valence-corrected chi connectivity index (χ3v) is 4.34. The van der Waals surface area contributed by atoms with Crippen LogP contribution in [0.2, 0.25) is 5.02 Å². The normalized spacial score (nSPS) is 12.9. The van der Waals surface area contributed by atoms with Crippen molar-refractivity contribution in [2.75, 3.05) is 7.05 Å². The fourth-order valence-electron chi connectivity index (χ4n) is 2.74. The summed E-state index contributed by atoms with van der Waals surface area (Å²) in [5.74, 6) is 0. The molecule has 2 heterocycles. The molecule has 0 amide bonds. The smallest absolute Gasteiger partial charge is 0.0847 e. The van der Waals surface area contributed by atoms with Gasteiger partial charge in [0.05, 0.1) is 22.1 Å². The minimum absolute atomic E-state index is 0.188. The fraction of sp³-hybridized carbons (Fsp3) is 0.600. The van der Waals surface area contributed by atoms with E-state index in [1.807, 2.05) is 30.4 Å². The predicted octanol–water partition coefficient (Wildman–Crippen LogP) is 2.66. The lowest BCUT2D eigenvalue weighted by Gasteiger charge is -2.17. The summed E-state index contributed by atoms with van der Waals surface area (Å²) >= 11 is 6.43. The van der Waals surface area contributed by atoms with E-state index in [4.69, 9.17) is 11.6 Å². The summed E-state index contributed by atoms with van der Waals surface area (Å²) in [6, 6.07) is 0.188. The number of aromatic nitrogens is 4. The number of nitrogens with zero attached hydrogens (tertiary/aromatic N) is 4. The van der Waals surface area contributed by atoms with Crippen LogP contribution in [0.15, 0.2) is 6.20 Å². The molecule has 0 saturated carbocycles. The van der Waals surface area contributed by atoms with Crippen molar-refractivity contribution in [1.29, 1.82) is 0 Å². The number of nitrogens with one attached hydrogen (secondary N) is 1. The van der Waals surface area contributed by atoms with E-state index in [0.717, 1.165) is 41.5 Å². The van der Waals surface area contributed by atoms with Gasteiger partial charge in [-0.25, -0.2) is 0 Å². The maximum Gasteiger partial charge on any atom is 0.0847 e. The van der Waals surface area contributed by atoms with Crippen molar-refractivity contribution in [3.05, 3.63) is 33.9 Å². The molecule has 0 aromatic carbocycles. The number of halogens is 1. The number of likely N-dealkylation sites (N-methyl/N-ethyl adjacent to an activating group) is 1. The summed E-state index contributed by atoms with van der Waals surface area (Å²) in [7, 11) is 3.94. The van der Waals surface area contributed by atoms with E-state index in [0.29, 0.717) is 0 Å². The standard InChI is InChI=1S/C15H24ClN5/c1-6-12-11(9-20(5)19-12)13(17-4)8-14-15(16)10(3)18-21(14)7-2/h9,13,17H,6-8H2,1-5H3. The zero-order valence-corrected chi connectivity index (χ0v) is 14.2. The number of rotatable bonds is 6. The van der Waals surface area contributed by atoms with E-state index >= 15 is 0 Å². The van der Waals surface area contributed by atoms with Crippen LogP contribution in [-0.4, -0.2) is 26.6 Å². The van der Waals surface area contributed by atoms with Gasteiger partial charge >= 0.3 is 0 Å². The molecular formula is C15H24ClN5. The highest BCUT2D eigenvalue weighted by Gasteiger charge is 2.21. The molecule has 2 aromatic rings. The van der Waals surface area contributed by atoms with E-state index in [9.17, 15) is 0 Å². The van der Waals surface area contributed by atoms with Crippen LogP contribution in [0, 0.1) is 6.92 Å². The van der Waals surface area contributed by atoms with Gasteiger partial charge in [-0.15, -0.1) is 0 Å². The Morgan fingerprint density at radius 1 is 1.33 bits per heavy atom. The zero-order valence-electron chi connectivity index (χ0n) is 13.4. The number of hydrogen-bond donors (Lipinski definition) is 1. The first-order valence-corrected chi connectivity index (χ1v) is 7.81. The molecule has 5 nitrogen and oxygen atoms in total. The largest absolute Gasteiger partial charge is 0.313 e. The zero-order chi connectivity index (χ0) is 15.6. The van der Waals surface area contributed by atoms with Crippen LogP contribution in [0.5, 0.6) is 0 Å². The van der Waals surface area contributed by atoms with E-state index in [1.54, 1.807) is 0 Å². The Kier molecular flexibility index (Phi) is 5.06. The molecule has 6 heteroatoms. The fourth-order valence-corrected chi connectivity index (χ4v) is 2.96. The van der Waals surface area contributed by atoms with Gasteiger partial charge in [-0.1, -0.05) is 18.5 Å². The average Bonchev–Trinajstić information content (AvgIpc) is 2.98. The summed E-state index contributed by atoms with van der Waals surface area (Å²) < 4.78 is 3.87. The lowest BCUT2D eigenvalue weighted by atomic mass is 10.0. The molecule has 2 aromatic heterocycles. The highest BCUT2D eigenvalue weighted by atomic mass is 35.5. The number of hydrogen-bond acceptors (Lipinski definition) is 3. The molecule has 2 rings (SSSR count). The lowest BCUT2D eigenvalue weighted by molar-refractivity contribution is 0.538. The Morgan fingerprint density at radius 3 is 2.62 bits per heavy atom. The molecule has 0 fully saturated rings. The first-order chi connectivity index (χ1) is 10.0. The molecular weight excluding hydrogens is 286 g/mol. The van der Waals surface area contributed by atoms with Crippen molar-refractivity contribution in [2.45, 2.75) is 46.2 Å². The van der Waals surface area contributed by atoms with Crippen LogP contribution < -0.4 is 5.32 Å². The SMILES string of the molecule is CCc1nn(C)cc1C(Cc1c(Cl)c(C)nn1CC)NC. The van der Waals surface area contributed by atoms with E-state index < -0.39 is 0 Å². The lowest BCUT2D eigenvalue weighted by Crippen LogP contribution is -2.21. The summed E-state index contributed by atoms with van der Waals surface area (Å²) in [6.07, 6.45) is 3.82. The summed E-state index contributed by atoms with van der Waals surface area (Å²) in [4.78, 5) is 0. The molecule has 0 aliphatic rings. The first kappa shape index (κ1) is 16.0. The Bertz CT molecular complexity index is 614. The van der Waals surface area contributed by atoms with Crippen molar-refractivity contribution in [1.82, 2.24) is 24.9 Å². The Morgan fingerprint density at radius 2 is 2.05 bits per heavy atom. The van der Waals surface area contributed by atoms with Gasteiger partial charge in [0.2, 0.25) is 0 Å². The van der Waals surface area contributed by atoms with Gasteiger partial charge < -0.3 is 5.32 Å². The molecule has 1 atom stereocenters. The van der Waals surface area contributed by atoms with E-state index in [2.05, 4.69) is 35.6 Å². The summed E-state index contributed by atoms with van der Waals surface area (Å²) in [5.41, 5.74) is 4.35. The molecule has 0 aliphatic heterocycles. The van der Waals surface area contributed by atoms with Gasteiger partial charge in [-0.05, 0) is 27.3 Å². The van der Waals surface area contributed by atoms with Crippen LogP contribution in [-0.2, 0) is 26.4 Å². The second-order valence-corrected chi connectivity index (χ2v) is 5.64. The molecule has 0 saturated heterocycles. The molecule has 0 aliphatic carbocycles. The quantitative estimate of drug-likeness (QED) is 0.892. The van der Waals surface area contributed by atoms with E-state index in [1.165, 1.54) is 5.56 Å². The molecule has 1 N–H and O–H groups in total. The maximum atomic E-state index is 6.43. The van der Waals surface area contributed by atoms with Crippen LogP contribution in [0.4, 0.5) is 0 Å². The molecule has 21 heavy (non-hydrogen) atoms. The van der Waals surface area contributed by atoms with Gasteiger partial charge in [0.25, 0.3) is 0 Å². The Balaban J connectivity index is 2.35. The highest BCUT2D eigenvalue weighted by molar-refractivity contribution is 6.31.